The highest BCUT2D eigenvalue weighted by molar-refractivity contribution is 5.47. The molecule has 0 aromatic heterocycles. The van der Waals surface area contributed by atoms with Gasteiger partial charge in [0.15, 0.2) is 6.10 Å². The quantitative estimate of drug-likeness (QED) is 0.825. The van der Waals surface area contributed by atoms with E-state index in [2.05, 4.69) is 0 Å². The maximum absolute atomic E-state index is 12.2. The smallest absolute Gasteiger partial charge is 0.379 e. The average molecular weight is 219 g/mol. The summed E-state index contributed by atoms with van der Waals surface area (Å²) in [5, 5.41) is 9.02. The van der Waals surface area contributed by atoms with Gasteiger partial charge in [0.25, 0.3) is 0 Å². The zero-order valence-corrected chi connectivity index (χ0v) is 8.42. The lowest BCUT2D eigenvalue weighted by molar-refractivity contribution is -0.206. The number of rotatable bonds is 2. The first kappa shape index (κ1) is 11.8. The Bertz CT molecular complexity index is 336. The molecule has 0 aliphatic heterocycles. The van der Waals surface area contributed by atoms with E-state index >= 15 is 0 Å². The van der Waals surface area contributed by atoms with Crippen LogP contribution in [0.4, 0.5) is 18.9 Å². The number of hydrogen-bond acceptors (Lipinski definition) is 2. The fourth-order valence-electron chi connectivity index (χ4n) is 1.16. The Morgan fingerprint density at radius 2 is 1.87 bits per heavy atom. The maximum Gasteiger partial charge on any atom is 0.418 e. The van der Waals surface area contributed by atoms with Crippen LogP contribution in [0.15, 0.2) is 24.3 Å². The summed E-state index contributed by atoms with van der Waals surface area (Å²) in [6, 6.07) is 5.73. The van der Waals surface area contributed by atoms with Crippen molar-refractivity contribution in [2.45, 2.75) is 12.3 Å². The highest BCUT2D eigenvalue weighted by Gasteiger charge is 2.39. The van der Waals surface area contributed by atoms with E-state index in [4.69, 9.17) is 5.11 Å². The monoisotopic (exact) mass is 219 g/mol. The molecular formula is C10H12F3NO. The van der Waals surface area contributed by atoms with Crippen LogP contribution in [-0.4, -0.2) is 25.4 Å². The highest BCUT2D eigenvalue weighted by Crippen LogP contribution is 2.33. The molecule has 0 bridgehead atoms. The van der Waals surface area contributed by atoms with Crippen LogP contribution in [0.5, 0.6) is 0 Å². The van der Waals surface area contributed by atoms with Gasteiger partial charge in [-0.15, -0.1) is 0 Å². The van der Waals surface area contributed by atoms with Gasteiger partial charge in [0.1, 0.15) is 0 Å². The van der Waals surface area contributed by atoms with E-state index < -0.39 is 12.3 Å². The molecule has 1 N–H and O–H groups in total. The molecule has 1 aromatic carbocycles. The molecule has 0 heterocycles. The van der Waals surface area contributed by atoms with Gasteiger partial charge < -0.3 is 10.0 Å². The van der Waals surface area contributed by atoms with Crippen molar-refractivity contribution in [3.63, 3.8) is 0 Å². The summed E-state index contributed by atoms with van der Waals surface area (Å²) in [6.07, 6.45) is -7.04. The molecule has 0 saturated carbocycles. The molecule has 0 saturated heterocycles. The molecule has 84 valence electrons. The Kier molecular flexibility index (Phi) is 3.24. The van der Waals surface area contributed by atoms with E-state index in [0.717, 1.165) is 0 Å². The van der Waals surface area contributed by atoms with Gasteiger partial charge in [0, 0.05) is 19.8 Å². The second kappa shape index (κ2) is 4.10. The van der Waals surface area contributed by atoms with E-state index in [1.54, 1.807) is 25.1 Å². The molecule has 0 amide bonds. The van der Waals surface area contributed by atoms with Gasteiger partial charge in [-0.3, -0.25) is 0 Å². The van der Waals surface area contributed by atoms with Crippen molar-refractivity contribution in [3.8, 4) is 0 Å². The second-order valence-electron chi connectivity index (χ2n) is 3.43. The topological polar surface area (TPSA) is 23.5 Å². The van der Waals surface area contributed by atoms with Crippen molar-refractivity contribution in [3.05, 3.63) is 29.8 Å². The lowest BCUT2D eigenvalue weighted by atomic mass is 10.1. The molecule has 1 rings (SSSR count). The summed E-state index contributed by atoms with van der Waals surface area (Å²) in [7, 11) is 3.44. The SMILES string of the molecule is CN(C)c1cccc([C@H](O)C(F)(F)F)c1. The summed E-state index contributed by atoms with van der Waals surface area (Å²) in [5.41, 5.74) is 0.476. The molecule has 1 atom stereocenters. The second-order valence-corrected chi connectivity index (χ2v) is 3.43. The standard InChI is InChI=1S/C10H12F3NO/c1-14(2)8-5-3-4-7(6-8)9(15)10(11,12)13/h3-6,9,15H,1-2H3/t9-/m0/s1. The van der Waals surface area contributed by atoms with Crippen molar-refractivity contribution in [1.29, 1.82) is 0 Å². The highest BCUT2D eigenvalue weighted by atomic mass is 19.4. The summed E-state index contributed by atoms with van der Waals surface area (Å²) >= 11 is 0. The predicted molar refractivity (Wildman–Crippen MR) is 51.8 cm³/mol. The fraction of sp³-hybridized carbons (Fsp3) is 0.400. The first-order valence-electron chi connectivity index (χ1n) is 4.34. The van der Waals surface area contributed by atoms with E-state index in [9.17, 15) is 13.2 Å². The summed E-state index contributed by atoms with van der Waals surface area (Å²) in [4.78, 5) is 1.67. The van der Waals surface area contributed by atoms with E-state index in [-0.39, 0.29) is 5.56 Å². The number of aliphatic hydroxyl groups excluding tert-OH is 1. The molecule has 2 nitrogen and oxygen atoms in total. The van der Waals surface area contributed by atoms with Gasteiger partial charge in [-0.1, -0.05) is 12.1 Å². The maximum atomic E-state index is 12.2. The normalized spacial score (nSPS) is 13.7. The lowest BCUT2D eigenvalue weighted by Gasteiger charge is -2.18. The molecule has 0 spiro atoms. The molecule has 1 aromatic rings. The first-order chi connectivity index (χ1) is 6.82. The minimum Gasteiger partial charge on any atom is -0.379 e. The zero-order chi connectivity index (χ0) is 11.6. The van der Waals surface area contributed by atoms with E-state index in [1.165, 1.54) is 18.2 Å². The average Bonchev–Trinajstić information content (AvgIpc) is 2.15. The van der Waals surface area contributed by atoms with Crippen LogP contribution in [0.25, 0.3) is 0 Å². The zero-order valence-electron chi connectivity index (χ0n) is 8.42. The van der Waals surface area contributed by atoms with Crippen LogP contribution >= 0.6 is 0 Å². The van der Waals surface area contributed by atoms with Crippen molar-refractivity contribution in [1.82, 2.24) is 0 Å². The Balaban J connectivity index is 3.00. The van der Waals surface area contributed by atoms with Crippen LogP contribution < -0.4 is 4.90 Å². The van der Waals surface area contributed by atoms with E-state index in [0.29, 0.717) is 5.69 Å². The summed E-state index contributed by atoms with van der Waals surface area (Å²) < 4.78 is 36.6. The minimum absolute atomic E-state index is 0.145. The third-order valence-corrected chi connectivity index (χ3v) is 2.01. The van der Waals surface area contributed by atoms with Crippen molar-refractivity contribution >= 4 is 5.69 Å². The molecular weight excluding hydrogens is 207 g/mol. The number of aliphatic hydroxyl groups is 1. The Morgan fingerprint density at radius 3 is 2.33 bits per heavy atom. The Hall–Kier alpha value is -1.23. The molecule has 0 aliphatic rings. The fourth-order valence-corrected chi connectivity index (χ4v) is 1.16. The number of benzene rings is 1. The van der Waals surface area contributed by atoms with Crippen LogP contribution in [0, 0.1) is 0 Å². The third kappa shape index (κ3) is 2.86. The van der Waals surface area contributed by atoms with Crippen LogP contribution in [0.2, 0.25) is 0 Å². The third-order valence-electron chi connectivity index (χ3n) is 2.01. The van der Waals surface area contributed by atoms with Crippen LogP contribution in [-0.2, 0) is 0 Å². The van der Waals surface area contributed by atoms with Gasteiger partial charge in [-0.25, -0.2) is 0 Å². The number of halogens is 3. The Morgan fingerprint density at radius 1 is 1.27 bits per heavy atom. The largest absolute Gasteiger partial charge is 0.418 e. The number of anilines is 1. The predicted octanol–water partition coefficient (Wildman–Crippen LogP) is 2.35. The van der Waals surface area contributed by atoms with Crippen molar-refractivity contribution in [2.75, 3.05) is 19.0 Å². The minimum atomic E-state index is -4.62. The van der Waals surface area contributed by atoms with Crippen molar-refractivity contribution < 1.29 is 18.3 Å². The van der Waals surface area contributed by atoms with Gasteiger partial charge in [-0.05, 0) is 17.7 Å². The van der Waals surface area contributed by atoms with Crippen molar-refractivity contribution in [2.24, 2.45) is 0 Å². The molecule has 5 heteroatoms. The molecule has 0 fully saturated rings. The number of nitrogens with zero attached hydrogens (tertiary/aromatic N) is 1. The summed E-state index contributed by atoms with van der Waals surface area (Å²) in [6.45, 7) is 0. The molecule has 15 heavy (non-hydrogen) atoms. The molecule has 0 unspecified atom stereocenters. The van der Waals surface area contributed by atoms with Gasteiger partial charge in [0.05, 0.1) is 0 Å². The van der Waals surface area contributed by atoms with Gasteiger partial charge >= 0.3 is 6.18 Å². The van der Waals surface area contributed by atoms with E-state index in [1.807, 2.05) is 0 Å². The van der Waals surface area contributed by atoms with Crippen LogP contribution in [0.3, 0.4) is 0 Å². The molecule has 0 radical (unpaired) electrons. The number of alkyl halides is 3. The van der Waals surface area contributed by atoms with Crippen LogP contribution in [0.1, 0.15) is 11.7 Å². The number of hydrogen-bond donors (Lipinski definition) is 1. The lowest BCUT2D eigenvalue weighted by Crippen LogP contribution is -2.20. The van der Waals surface area contributed by atoms with Gasteiger partial charge in [-0.2, -0.15) is 13.2 Å². The summed E-state index contributed by atoms with van der Waals surface area (Å²) in [5.74, 6) is 0. The molecule has 0 aliphatic carbocycles. The van der Waals surface area contributed by atoms with Gasteiger partial charge in [0.2, 0.25) is 0 Å². The first-order valence-corrected chi connectivity index (χ1v) is 4.34. The Labute approximate surface area is 85.9 Å².